The molecule has 0 spiro atoms. The van der Waals surface area contributed by atoms with Gasteiger partial charge in [0.05, 0.1) is 14.2 Å². The lowest BCUT2D eigenvalue weighted by Gasteiger charge is -2.25. The van der Waals surface area contributed by atoms with E-state index in [9.17, 15) is 4.79 Å². The summed E-state index contributed by atoms with van der Waals surface area (Å²) in [6.07, 6.45) is -0.909. The summed E-state index contributed by atoms with van der Waals surface area (Å²) in [7, 11) is 3.22. The molecule has 1 aliphatic rings. The summed E-state index contributed by atoms with van der Waals surface area (Å²) >= 11 is 0. The highest BCUT2D eigenvalue weighted by molar-refractivity contribution is 5.81. The minimum absolute atomic E-state index is 0.00711. The first-order valence-electron chi connectivity index (χ1n) is 9.28. The van der Waals surface area contributed by atoms with Crippen LogP contribution in [0.1, 0.15) is 25.3 Å². The zero-order chi connectivity index (χ0) is 20.1. The Morgan fingerprint density at radius 3 is 2.43 bits per heavy atom. The molecule has 7 nitrogen and oxygen atoms in total. The Labute approximate surface area is 165 Å². The minimum atomic E-state index is -0.619. The van der Waals surface area contributed by atoms with Crippen molar-refractivity contribution in [3.8, 4) is 17.2 Å². The van der Waals surface area contributed by atoms with Crippen LogP contribution in [0, 0.1) is 0 Å². The SMILES string of the molecule is COc1ccc(C2C(C)NNC2NC(=O)C(C)Oc2ccccc2)cc1OC. The second-order valence-corrected chi connectivity index (χ2v) is 6.78. The van der Waals surface area contributed by atoms with E-state index in [1.165, 1.54) is 0 Å². The van der Waals surface area contributed by atoms with Crippen molar-refractivity contribution in [2.75, 3.05) is 14.2 Å². The van der Waals surface area contributed by atoms with Crippen LogP contribution in [0.15, 0.2) is 48.5 Å². The molecule has 0 aromatic heterocycles. The third kappa shape index (κ3) is 4.37. The summed E-state index contributed by atoms with van der Waals surface area (Å²) < 4.78 is 16.5. The number of hydrogen-bond acceptors (Lipinski definition) is 6. The Kier molecular flexibility index (Phi) is 6.38. The molecule has 0 bridgehead atoms. The summed E-state index contributed by atoms with van der Waals surface area (Å²) in [6, 6.07) is 15.2. The highest BCUT2D eigenvalue weighted by atomic mass is 16.5. The van der Waals surface area contributed by atoms with E-state index in [-0.39, 0.29) is 24.0 Å². The number of hydrogen-bond donors (Lipinski definition) is 3. The molecule has 150 valence electrons. The molecule has 1 heterocycles. The van der Waals surface area contributed by atoms with Gasteiger partial charge in [-0.05, 0) is 43.7 Å². The molecule has 2 aromatic rings. The zero-order valence-electron chi connectivity index (χ0n) is 16.6. The lowest BCUT2D eigenvalue weighted by Crippen LogP contribution is -2.50. The van der Waals surface area contributed by atoms with Crippen LogP contribution in [0.4, 0.5) is 0 Å². The maximum atomic E-state index is 12.7. The van der Waals surface area contributed by atoms with Crippen LogP contribution in [0.5, 0.6) is 17.2 Å². The molecule has 28 heavy (non-hydrogen) atoms. The van der Waals surface area contributed by atoms with E-state index in [0.29, 0.717) is 17.2 Å². The lowest BCUT2D eigenvalue weighted by molar-refractivity contribution is -0.128. The van der Waals surface area contributed by atoms with E-state index in [0.717, 1.165) is 5.56 Å². The highest BCUT2D eigenvalue weighted by Gasteiger charge is 2.36. The van der Waals surface area contributed by atoms with Crippen LogP contribution >= 0.6 is 0 Å². The highest BCUT2D eigenvalue weighted by Crippen LogP contribution is 2.34. The fourth-order valence-corrected chi connectivity index (χ4v) is 3.38. The van der Waals surface area contributed by atoms with Crippen molar-refractivity contribution in [2.24, 2.45) is 0 Å². The normalized spacial score (nSPS) is 22.4. The van der Waals surface area contributed by atoms with Crippen LogP contribution in [0.2, 0.25) is 0 Å². The van der Waals surface area contributed by atoms with Crippen molar-refractivity contribution < 1.29 is 19.0 Å². The first-order chi connectivity index (χ1) is 13.5. The number of carbonyl (C=O) groups is 1. The largest absolute Gasteiger partial charge is 0.493 e. The molecule has 3 rings (SSSR count). The fraction of sp³-hybridized carbons (Fsp3) is 0.381. The maximum absolute atomic E-state index is 12.7. The van der Waals surface area contributed by atoms with Crippen molar-refractivity contribution in [3.63, 3.8) is 0 Å². The van der Waals surface area contributed by atoms with Crippen molar-refractivity contribution >= 4 is 5.91 Å². The summed E-state index contributed by atoms with van der Waals surface area (Å²) in [6.45, 7) is 3.80. The van der Waals surface area contributed by atoms with Gasteiger partial charge in [0.15, 0.2) is 17.6 Å². The molecule has 0 aliphatic carbocycles. The molecule has 4 atom stereocenters. The van der Waals surface area contributed by atoms with Crippen molar-refractivity contribution in [3.05, 3.63) is 54.1 Å². The number of ether oxygens (including phenoxy) is 3. The molecule has 0 saturated carbocycles. The van der Waals surface area contributed by atoms with Gasteiger partial charge in [-0.2, -0.15) is 0 Å². The molecule has 0 radical (unpaired) electrons. The molecular formula is C21H27N3O4. The van der Waals surface area contributed by atoms with Gasteiger partial charge < -0.3 is 19.5 Å². The average Bonchev–Trinajstić information content (AvgIpc) is 3.08. The van der Waals surface area contributed by atoms with Gasteiger partial charge in [-0.3, -0.25) is 10.2 Å². The second kappa shape index (κ2) is 8.95. The van der Waals surface area contributed by atoms with E-state index in [2.05, 4.69) is 23.1 Å². The molecule has 7 heteroatoms. The Morgan fingerprint density at radius 1 is 1.04 bits per heavy atom. The van der Waals surface area contributed by atoms with Gasteiger partial charge in [0.25, 0.3) is 5.91 Å². The summed E-state index contributed by atoms with van der Waals surface area (Å²) in [5, 5.41) is 3.03. The van der Waals surface area contributed by atoms with Crippen molar-refractivity contribution in [1.82, 2.24) is 16.2 Å². The lowest BCUT2D eigenvalue weighted by atomic mass is 9.91. The van der Waals surface area contributed by atoms with Crippen LogP contribution in [0.25, 0.3) is 0 Å². The maximum Gasteiger partial charge on any atom is 0.262 e. The van der Waals surface area contributed by atoms with Gasteiger partial charge in [0.1, 0.15) is 11.9 Å². The van der Waals surface area contributed by atoms with Gasteiger partial charge in [-0.1, -0.05) is 24.3 Å². The van der Waals surface area contributed by atoms with Gasteiger partial charge in [0.2, 0.25) is 0 Å². The van der Waals surface area contributed by atoms with E-state index in [1.54, 1.807) is 21.1 Å². The molecule has 2 aromatic carbocycles. The average molecular weight is 385 g/mol. The van der Waals surface area contributed by atoms with Gasteiger partial charge in [-0.15, -0.1) is 0 Å². The molecular weight excluding hydrogens is 358 g/mol. The Morgan fingerprint density at radius 2 is 1.75 bits per heavy atom. The quantitative estimate of drug-likeness (QED) is 0.678. The number of rotatable bonds is 7. The second-order valence-electron chi connectivity index (χ2n) is 6.78. The third-order valence-corrected chi connectivity index (χ3v) is 4.88. The molecule has 1 saturated heterocycles. The van der Waals surface area contributed by atoms with Gasteiger partial charge >= 0.3 is 0 Å². The smallest absolute Gasteiger partial charge is 0.262 e. The van der Waals surface area contributed by atoms with Gasteiger partial charge in [-0.25, -0.2) is 5.43 Å². The molecule has 1 aliphatic heterocycles. The van der Waals surface area contributed by atoms with E-state index >= 15 is 0 Å². The summed E-state index contributed by atoms with van der Waals surface area (Å²) in [5.41, 5.74) is 7.39. The summed E-state index contributed by atoms with van der Waals surface area (Å²) in [4.78, 5) is 12.7. The number of nitrogens with one attached hydrogen (secondary N) is 3. The predicted octanol–water partition coefficient (Wildman–Crippen LogP) is 2.19. The topological polar surface area (TPSA) is 80.9 Å². The molecule has 4 unspecified atom stereocenters. The minimum Gasteiger partial charge on any atom is -0.493 e. The van der Waals surface area contributed by atoms with Crippen molar-refractivity contribution in [1.29, 1.82) is 0 Å². The van der Waals surface area contributed by atoms with Crippen molar-refractivity contribution in [2.45, 2.75) is 38.1 Å². The molecule has 1 amide bonds. The number of hydrazine groups is 1. The van der Waals surface area contributed by atoms with E-state index < -0.39 is 6.10 Å². The van der Waals surface area contributed by atoms with E-state index in [4.69, 9.17) is 14.2 Å². The predicted molar refractivity (Wildman–Crippen MR) is 106 cm³/mol. The number of para-hydroxylation sites is 1. The Balaban J connectivity index is 1.71. The first kappa shape index (κ1) is 20.0. The van der Waals surface area contributed by atoms with E-state index in [1.807, 2.05) is 48.5 Å². The number of methoxy groups -OCH3 is 2. The zero-order valence-corrected chi connectivity index (χ0v) is 16.6. The summed E-state index contributed by atoms with van der Waals surface area (Å²) in [5.74, 6) is 1.80. The fourth-order valence-electron chi connectivity index (χ4n) is 3.38. The molecule has 1 fully saturated rings. The number of carbonyl (C=O) groups excluding carboxylic acids is 1. The standard InChI is InChI=1S/C21H27N3O4/c1-13-19(15-10-11-17(26-3)18(12-15)27-4)20(24-23-13)22-21(25)14(2)28-16-8-6-5-7-9-16/h5-14,19-20,23-24H,1-4H3,(H,22,25). The number of benzene rings is 2. The van der Waals surface area contributed by atoms with Crippen LogP contribution in [-0.2, 0) is 4.79 Å². The monoisotopic (exact) mass is 385 g/mol. The van der Waals surface area contributed by atoms with Crippen LogP contribution < -0.4 is 30.4 Å². The van der Waals surface area contributed by atoms with Gasteiger partial charge in [0, 0.05) is 12.0 Å². The van der Waals surface area contributed by atoms with Crippen LogP contribution in [-0.4, -0.2) is 38.4 Å². The number of amides is 1. The first-order valence-corrected chi connectivity index (χ1v) is 9.28. The Hall–Kier alpha value is -2.77. The third-order valence-electron chi connectivity index (χ3n) is 4.88. The van der Waals surface area contributed by atoms with Crippen LogP contribution in [0.3, 0.4) is 0 Å². The molecule has 3 N–H and O–H groups in total. The Bertz CT molecular complexity index is 799.